The van der Waals surface area contributed by atoms with E-state index in [1.54, 1.807) is 6.07 Å². The van der Waals surface area contributed by atoms with Crippen LogP contribution in [0.4, 0.5) is 0 Å². The van der Waals surface area contributed by atoms with Crippen molar-refractivity contribution in [1.29, 1.82) is 0 Å². The minimum Gasteiger partial charge on any atom is -0.344 e. The lowest BCUT2D eigenvalue weighted by atomic mass is 9.98. The maximum absolute atomic E-state index is 12.5. The van der Waals surface area contributed by atoms with Gasteiger partial charge in [-0.2, -0.15) is 0 Å². The fraction of sp³-hybridized carbons (Fsp3) is 0.222. The van der Waals surface area contributed by atoms with Gasteiger partial charge in [-0.25, -0.2) is 0 Å². The van der Waals surface area contributed by atoms with Crippen LogP contribution in [0.15, 0.2) is 54.6 Å². The van der Waals surface area contributed by atoms with Crippen LogP contribution >= 0.6 is 11.6 Å². The van der Waals surface area contributed by atoms with Gasteiger partial charge in [0.15, 0.2) is 0 Å². The Labute approximate surface area is 139 Å². The summed E-state index contributed by atoms with van der Waals surface area (Å²) in [4.78, 5) is 23.8. The zero-order valence-corrected chi connectivity index (χ0v) is 13.2. The Morgan fingerprint density at radius 1 is 1.13 bits per heavy atom. The maximum Gasteiger partial charge on any atom is 0.243 e. The van der Waals surface area contributed by atoms with Crippen LogP contribution in [0.2, 0.25) is 5.02 Å². The molecule has 2 amide bonds. The Morgan fingerprint density at radius 3 is 2.52 bits per heavy atom. The van der Waals surface area contributed by atoms with Gasteiger partial charge in [-0.15, -0.1) is 0 Å². The molecule has 2 N–H and O–H groups in total. The first-order valence-electron chi connectivity index (χ1n) is 7.53. The molecule has 0 bridgehead atoms. The Bertz CT molecular complexity index is 718. The molecular weight excluding hydrogens is 312 g/mol. The molecule has 118 valence electrons. The van der Waals surface area contributed by atoms with Gasteiger partial charge >= 0.3 is 0 Å². The molecular formula is C18H17ClN2O2. The number of rotatable bonds is 4. The lowest BCUT2D eigenvalue weighted by Gasteiger charge is -2.22. The van der Waals surface area contributed by atoms with Gasteiger partial charge in [0.25, 0.3) is 0 Å². The first-order valence-corrected chi connectivity index (χ1v) is 7.91. The van der Waals surface area contributed by atoms with Crippen molar-refractivity contribution in [2.75, 3.05) is 0 Å². The van der Waals surface area contributed by atoms with Gasteiger partial charge in [0, 0.05) is 11.4 Å². The van der Waals surface area contributed by atoms with Crippen LogP contribution in [-0.4, -0.2) is 17.9 Å². The highest BCUT2D eigenvalue weighted by Gasteiger charge is 2.29. The van der Waals surface area contributed by atoms with E-state index in [0.29, 0.717) is 17.9 Å². The fourth-order valence-corrected chi connectivity index (χ4v) is 2.94. The largest absolute Gasteiger partial charge is 0.344 e. The molecule has 0 aromatic heterocycles. The quantitative estimate of drug-likeness (QED) is 0.906. The molecule has 2 aromatic rings. The lowest BCUT2D eigenvalue weighted by Crippen LogP contribution is -2.43. The van der Waals surface area contributed by atoms with Crippen LogP contribution in [0.3, 0.4) is 0 Å². The van der Waals surface area contributed by atoms with E-state index in [2.05, 4.69) is 10.6 Å². The number of hydrogen-bond donors (Lipinski definition) is 2. The van der Waals surface area contributed by atoms with E-state index >= 15 is 0 Å². The van der Waals surface area contributed by atoms with E-state index in [1.165, 1.54) is 0 Å². The van der Waals surface area contributed by atoms with Crippen molar-refractivity contribution < 1.29 is 9.59 Å². The zero-order valence-electron chi connectivity index (χ0n) is 12.5. The van der Waals surface area contributed by atoms with Gasteiger partial charge in [-0.1, -0.05) is 54.1 Å². The van der Waals surface area contributed by atoms with Crippen molar-refractivity contribution in [3.8, 4) is 0 Å². The summed E-state index contributed by atoms with van der Waals surface area (Å²) in [6.07, 6.45) is 0.924. The molecule has 3 rings (SSSR count). The lowest BCUT2D eigenvalue weighted by molar-refractivity contribution is -0.126. The Hall–Kier alpha value is -2.33. The van der Waals surface area contributed by atoms with E-state index < -0.39 is 6.04 Å². The van der Waals surface area contributed by atoms with Crippen molar-refractivity contribution in [3.05, 3.63) is 70.7 Å². The van der Waals surface area contributed by atoms with Gasteiger partial charge in [0.05, 0.1) is 6.04 Å². The highest BCUT2D eigenvalue weighted by atomic mass is 35.5. The second kappa shape index (κ2) is 6.84. The van der Waals surface area contributed by atoms with Gasteiger partial charge in [-0.3, -0.25) is 9.59 Å². The van der Waals surface area contributed by atoms with Gasteiger partial charge in [-0.05, 0) is 29.7 Å². The predicted molar refractivity (Wildman–Crippen MR) is 89.0 cm³/mol. The Kier molecular flexibility index (Phi) is 4.63. The molecule has 2 aromatic carbocycles. The summed E-state index contributed by atoms with van der Waals surface area (Å²) in [5.41, 5.74) is 1.87. The normalized spacial score (nSPS) is 18.3. The molecule has 1 saturated heterocycles. The first kappa shape index (κ1) is 15.6. The second-order valence-corrected chi connectivity index (χ2v) is 6.00. The molecule has 1 aliphatic rings. The average Bonchev–Trinajstić information content (AvgIpc) is 3.00. The van der Waals surface area contributed by atoms with Crippen molar-refractivity contribution in [1.82, 2.24) is 10.6 Å². The molecule has 5 heteroatoms. The average molecular weight is 329 g/mol. The van der Waals surface area contributed by atoms with Crippen molar-refractivity contribution in [2.45, 2.75) is 24.9 Å². The molecule has 1 aliphatic heterocycles. The summed E-state index contributed by atoms with van der Waals surface area (Å²) >= 11 is 6.09. The number of benzene rings is 2. The smallest absolute Gasteiger partial charge is 0.243 e. The van der Waals surface area contributed by atoms with Crippen LogP contribution in [0.25, 0.3) is 0 Å². The van der Waals surface area contributed by atoms with Gasteiger partial charge in [0.2, 0.25) is 11.8 Å². The standard InChI is InChI=1S/C18H17ClN2O2/c19-14-8-4-7-13(11-14)17(12-5-2-1-3-6-12)21-18(23)15-9-10-16(22)20-15/h1-8,11,15,17H,9-10H2,(H,20,22)(H,21,23)/t15-,17-/m1/s1. The third-order valence-electron chi connectivity index (χ3n) is 3.91. The summed E-state index contributed by atoms with van der Waals surface area (Å²) < 4.78 is 0. The van der Waals surface area contributed by atoms with Gasteiger partial charge < -0.3 is 10.6 Å². The number of halogens is 1. The second-order valence-electron chi connectivity index (χ2n) is 5.57. The maximum atomic E-state index is 12.5. The molecule has 0 unspecified atom stereocenters. The predicted octanol–water partition coefficient (Wildman–Crippen LogP) is 2.82. The molecule has 2 atom stereocenters. The number of amides is 2. The number of carbonyl (C=O) groups is 2. The molecule has 0 spiro atoms. The van der Waals surface area contributed by atoms with E-state index in [1.807, 2.05) is 48.5 Å². The van der Waals surface area contributed by atoms with E-state index in [4.69, 9.17) is 11.6 Å². The molecule has 1 fully saturated rings. The molecule has 0 radical (unpaired) electrons. The number of nitrogens with one attached hydrogen (secondary N) is 2. The minimum absolute atomic E-state index is 0.0795. The summed E-state index contributed by atoms with van der Waals surface area (Å²) in [5, 5.41) is 6.34. The first-order chi connectivity index (χ1) is 11.1. The topological polar surface area (TPSA) is 58.2 Å². The Balaban J connectivity index is 1.87. The highest BCUT2D eigenvalue weighted by Crippen LogP contribution is 2.25. The fourth-order valence-electron chi connectivity index (χ4n) is 2.74. The van der Waals surface area contributed by atoms with E-state index in [9.17, 15) is 9.59 Å². The Morgan fingerprint density at radius 2 is 1.87 bits per heavy atom. The van der Waals surface area contributed by atoms with Gasteiger partial charge in [0.1, 0.15) is 6.04 Å². The van der Waals surface area contributed by atoms with Crippen molar-refractivity contribution >= 4 is 23.4 Å². The molecule has 23 heavy (non-hydrogen) atoms. The van der Waals surface area contributed by atoms with Crippen LogP contribution in [0, 0.1) is 0 Å². The SMILES string of the molecule is O=C1CC[C@H](C(=O)N[C@H](c2ccccc2)c2cccc(Cl)c2)N1. The molecule has 1 heterocycles. The molecule has 0 saturated carbocycles. The van der Waals surface area contributed by atoms with Crippen LogP contribution in [-0.2, 0) is 9.59 Å². The monoisotopic (exact) mass is 328 g/mol. The van der Waals surface area contributed by atoms with Crippen LogP contribution < -0.4 is 10.6 Å². The summed E-state index contributed by atoms with van der Waals surface area (Å²) in [6.45, 7) is 0. The molecule has 0 aliphatic carbocycles. The summed E-state index contributed by atoms with van der Waals surface area (Å²) in [7, 11) is 0. The zero-order chi connectivity index (χ0) is 16.2. The summed E-state index contributed by atoms with van der Waals surface area (Å²) in [6, 6.07) is 16.3. The third-order valence-corrected chi connectivity index (χ3v) is 4.15. The van der Waals surface area contributed by atoms with Crippen molar-refractivity contribution in [2.24, 2.45) is 0 Å². The number of carbonyl (C=O) groups excluding carboxylic acids is 2. The van der Waals surface area contributed by atoms with Crippen LogP contribution in [0.1, 0.15) is 30.0 Å². The third kappa shape index (κ3) is 3.71. The number of hydrogen-bond acceptors (Lipinski definition) is 2. The van der Waals surface area contributed by atoms with Crippen LogP contribution in [0.5, 0.6) is 0 Å². The van der Waals surface area contributed by atoms with E-state index in [-0.39, 0.29) is 17.9 Å². The molecule has 4 nitrogen and oxygen atoms in total. The minimum atomic E-state index is -0.465. The highest BCUT2D eigenvalue weighted by molar-refractivity contribution is 6.30. The summed E-state index contributed by atoms with van der Waals surface area (Å²) in [5.74, 6) is -0.256. The van der Waals surface area contributed by atoms with E-state index in [0.717, 1.165) is 11.1 Å². The van der Waals surface area contributed by atoms with Crippen molar-refractivity contribution in [3.63, 3.8) is 0 Å².